The fourth-order valence-electron chi connectivity index (χ4n) is 2.11. The van der Waals surface area contributed by atoms with E-state index in [1.165, 1.54) is 30.8 Å². The quantitative estimate of drug-likeness (QED) is 0.645. The Labute approximate surface area is 79.3 Å². The number of aromatic nitrogens is 2. The number of hydrogen-bond acceptors (Lipinski definition) is 2. The van der Waals surface area contributed by atoms with Crippen LogP contribution in [0.1, 0.15) is 23.6 Å². The van der Waals surface area contributed by atoms with Crippen molar-refractivity contribution in [1.82, 2.24) is 14.7 Å². The van der Waals surface area contributed by atoms with Gasteiger partial charge in [0.2, 0.25) is 0 Å². The monoisotopic (exact) mass is 179 g/mol. The Morgan fingerprint density at radius 1 is 1.46 bits per heavy atom. The lowest BCUT2D eigenvalue weighted by Gasteiger charge is -2.09. The second-order valence-electron chi connectivity index (χ2n) is 4.06. The number of hydrogen-bond donors (Lipinski definition) is 0. The van der Waals surface area contributed by atoms with Crippen molar-refractivity contribution in [3.05, 3.63) is 17.5 Å². The summed E-state index contributed by atoms with van der Waals surface area (Å²) in [6, 6.07) is 0. The van der Waals surface area contributed by atoms with Crippen molar-refractivity contribution < 1.29 is 0 Å². The molecule has 1 aromatic rings. The van der Waals surface area contributed by atoms with Crippen LogP contribution in [0.3, 0.4) is 0 Å². The Bertz CT molecular complexity index is 303. The summed E-state index contributed by atoms with van der Waals surface area (Å²) in [7, 11) is 4.20. The lowest BCUT2D eigenvalue weighted by Crippen LogP contribution is -2.13. The number of rotatable bonds is 1. The summed E-state index contributed by atoms with van der Waals surface area (Å²) < 4.78 is 1.97. The minimum Gasteiger partial charge on any atom is -0.306 e. The summed E-state index contributed by atoms with van der Waals surface area (Å²) >= 11 is 0. The summed E-state index contributed by atoms with van der Waals surface area (Å²) in [4.78, 5) is 2.39. The maximum Gasteiger partial charge on any atom is 0.0527 e. The van der Waals surface area contributed by atoms with Crippen LogP contribution in [0.5, 0.6) is 0 Å². The summed E-state index contributed by atoms with van der Waals surface area (Å²) in [5.41, 5.74) is 2.76. The molecular formula is C10H17N3. The molecule has 1 aliphatic rings. The average Bonchev–Trinajstić information content (AvgIpc) is 2.62. The van der Waals surface area contributed by atoms with E-state index in [9.17, 15) is 0 Å². The Kier molecular flexibility index (Phi) is 2.12. The van der Waals surface area contributed by atoms with Gasteiger partial charge in [0, 0.05) is 25.2 Å². The first-order valence-corrected chi connectivity index (χ1v) is 4.85. The van der Waals surface area contributed by atoms with Crippen LogP contribution in [0.2, 0.25) is 0 Å². The molecule has 0 aromatic carbocycles. The molecule has 0 aliphatic carbocycles. The minimum absolute atomic E-state index is 0.707. The second kappa shape index (κ2) is 3.14. The molecule has 2 rings (SSSR count). The highest BCUT2D eigenvalue weighted by Gasteiger charge is 2.23. The van der Waals surface area contributed by atoms with E-state index < -0.39 is 0 Å². The Morgan fingerprint density at radius 3 is 2.69 bits per heavy atom. The van der Waals surface area contributed by atoms with Crippen molar-refractivity contribution in [2.75, 3.05) is 20.1 Å². The zero-order valence-corrected chi connectivity index (χ0v) is 8.62. The van der Waals surface area contributed by atoms with Gasteiger partial charge in [-0.3, -0.25) is 4.68 Å². The lowest BCUT2D eigenvalue weighted by molar-refractivity contribution is 0.411. The number of aryl methyl sites for hydroxylation is 1. The first-order chi connectivity index (χ1) is 6.18. The van der Waals surface area contributed by atoms with E-state index in [1.807, 2.05) is 17.9 Å². The third-order valence-corrected chi connectivity index (χ3v) is 3.10. The van der Waals surface area contributed by atoms with Crippen LogP contribution in [0.4, 0.5) is 0 Å². The zero-order valence-electron chi connectivity index (χ0n) is 8.62. The molecule has 72 valence electrons. The normalized spacial score (nSPS) is 24.1. The van der Waals surface area contributed by atoms with E-state index in [0.29, 0.717) is 5.92 Å². The highest BCUT2D eigenvalue weighted by Crippen LogP contribution is 2.27. The molecule has 0 amide bonds. The Balaban J connectivity index is 2.21. The van der Waals surface area contributed by atoms with Gasteiger partial charge in [0.1, 0.15) is 0 Å². The van der Waals surface area contributed by atoms with Gasteiger partial charge >= 0.3 is 0 Å². The molecule has 2 heterocycles. The molecule has 1 aliphatic heterocycles. The standard InChI is InChI=1S/C10H17N3/c1-8-10(6-11-13(8)3)9-4-5-12(2)7-9/h6,9H,4-5,7H2,1-3H3/t9-/m1/s1. The van der Waals surface area contributed by atoms with Crippen molar-refractivity contribution >= 4 is 0 Å². The second-order valence-corrected chi connectivity index (χ2v) is 4.06. The third kappa shape index (κ3) is 1.48. The van der Waals surface area contributed by atoms with Crippen LogP contribution < -0.4 is 0 Å². The molecule has 0 bridgehead atoms. The highest BCUT2D eigenvalue weighted by atomic mass is 15.3. The molecule has 1 atom stereocenters. The van der Waals surface area contributed by atoms with Gasteiger partial charge in [0.15, 0.2) is 0 Å². The van der Waals surface area contributed by atoms with Gasteiger partial charge < -0.3 is 4.90 Å². The Morgan fingerprint density at radius 2 is 2.23 bits per heavy atom. The predicted molar refractivity (Wildman–Crippen MR) is 52.8 cm³/mol. The molecule has 0 unspecified atom stereocenters. The van der Waals surface area contributed by atoms with Gasteiger partial charge in [-0.2, -0.15) is 5.10 Å². The largest absolute Gasteiger partial charge is 0.306 e. The predicted octanol–water partition coefficient (Wildman–Crippen LogP) is 1.15. The maximum atomic E-state index is 4.28. The van der Waals surface area contributed by atoms with Crippen LogP contribution >= 0.6 is 0 Å². The fourth-order valence-corrected chi connectivity index (χ4v) is 2.11. The lowest BCUT2D eigenvalue weighted by atomic mass is 9.99. The maximum absolute atomic E-state index is 4.28. The van der Waals surface area contributed by atoms with Crippen LogP contribution in [0.25, 0.3) is 0 Å². The van der Waals surface area contributed by atoms with Gasteiger partial charge in [-0.15, -0.1) is 0 Å². The molecule has 0 N–H and O–H groups in total. The first-order valence-electron chi connectivity index (χ1n) is 4.85. The topological polar surface area (TPSA) is 21.1 Å². The molecule has 13 heavy (non-hydrogen) atoms. The molecule has 0 saturated carbocycles. The Hall–Kier alpha value is -0.830. The van der Waals surface area contributed by atoms with Crippen LogP contribution in [-0.2, 0) is 7.05 Å². The van der Waals surface area contributed by atoms with Crippen molar-refractivity contribution in [2.24, 2.45) is 7.05 Å². The van der Waals surface area contributed by atoms with E-state index in [0.717, 1.165) is 0 Å². The molecule has 0 radical (unpaired) electrons. The van der Waals surface area contributed by atoms with Crippen molar-refractivity contribution in [3.63, 3.8) is 0 Å². The van der Waals surface area contributed by atoms with Crippen molar-refractivity contribution in [3.8, 4) is 0 Å². The minimum atomic E-state index is 0.707. The van der Waals surface area contributed by atoms with E-state index >= 15 is 0 Å². The molecule has 1 aromatic heterocycles. The van der Waals surface area contributed by atoms with E-state index in [4.69, 9.17) is 0 Å². The average molecular weight is 179 g/mol. The van der Waals surface area contributed by atoms with Crippen LogP contribution in [0, 0.1) is 6.92 Å². The van der Waals surface area contributed by atoms with Gasteiger partial charge in [-0.1, -0.05) is 0 Å². The van der Waals surface area contributed by atoms with E-state index in [1.54, 1.807) is 0 Å². The fraction of sp³-hybridized carbons (Fsp3) is 0.700. The number of nitrogens with zero attached hydrogens (tertiary/aromatic N) is 3. The van der Waals surface area contributed by atoms with Crippen LogP contribution in [-0.4, -0.2) is 34.8 Å². The molecule has 1 fully saturated rings. The van der Waals surface area contributed by atoms with Gasteiger partial charge in [0.05, 0.1) is 6.20 Å². The summed E-state index contributed by atoms with van der Waals surface area (Å²) in [5.74, 6) is 0.707. The molecule has 1 saturated heterocycles. The molecule has 0 spiro atoms. The van der Waals surface area contributed by atoms with Gasteiger partial charge in [-0.25, -0.2) is 0 Å². The number of likely N-dealkylation sites (tertiary alicyclic amines) is 1. The third-order valence-electron chi connectivity index (χ3n) is 3.10. The van der Waals surface area contributed by atoms with E-state index in [-0.39, 0.29) is 0 Å². The highest BCUT2D eigenvalue weighted by molar-refractivity contribution is 5.22. The van der Waals surface area contributed by atoms with E-state index in [2.05, 4.69) is 24.0 Å². The first kappa shape index (κ1) is 8.75. The molecular weight excluding hydrogens is 162 g/mol. The zero-order chi connectivity index (χ0) is 9.42. The molecule has 3 nitrogen and oxygen atoms in total. The summed E-state index contributed by atoms with van der Waals surface area (Å²) in [6.07, 6.45) is 3.31. The van der Waals surface area contributed by atoms with Crippen molar-refractivity contribution in [1.29, 1.82) is 0 Å². The van der Waals surface area contributed by atoms with Crippen molar-refractivity contribution in [2.45, 2.75) is 19.3 Å². The molecule has 3 heteroatoms. The summed E-state index contributed by atoms with van der Waals surface area (Å²) in [6.45, 7) is 4.56. The van der Waals surface area contributed by atoms with Gasteiger partial charge in [-0.05, 0) is 32.5 Å². The van der Waals surface area contributed by atoms with Gasteiger partial charge in [0.25, 0.3) is 0 Å². The van der Waals surface area contributed by atoms with Crippen LogP contribution in [0.15, 0.2) is 6.20 Å². The summed E-state index contributed by atoms with van der Waals surface area (Å²) in [5, 5.41) is 4.28. The SMILES string of the molecule is Cc1c([C@@H]2CCN(C)C2)cnn1C. The smallest absolute Gasteiger partial charge is 0.0527 e. The number of likely N-dealkylation sites (N-methyl/N-ethyl adjacent to an activating group) is 1.